The van der Waals surface area contributed by atoms with Crippen molar-refractivity contribution in [3.05, 3.63) is 63.6 Å². The minimum Gasteiger partial charge on any atom is -0.493 e. The van der Waals surface area contributed by atoms with Crippen LogP contribution >= 0.6 is 11.8 Å². The van der Waals surface area contributed by atoms with Gasteiger partial charge in [-0.15, -0.1) is 0 Å². The van der Waals surface area contributed by atoms with Gasteiger partial charge >= 0.3 is 18.3 Å². The van der Waals surface area contributed by atoms with E-state index in [1.807, 2.05) is 4.90 Å². The van der Waals surface area contributed by atoms with Crippen LogP contribution in [0, 0.1) is 5.92 Å². The van der Waals surface area contributed by atoms with Crippen LogP contribution in [-0.2, 0) is 33.3 Å². The van der Waals surface area contributed by atoms with Crippen LogP contribution in [0.3, 0.4) is 0 Å². The topological polar surface area (TPSA) is 77.4 Å². The van der Waals surface area contributed by atoms with E-state index < -0.39 is 41.6 Å². The molecule has 0 bridgehead atoms. The number of piperidine rings is 1. The highest BCUT2D eigenvalue weighted by Crippen LogP contribution is 2.39. The number of alkyl halides is 6. The van der Waals surface area contributed by atoms with Crippen molar-refractivity contribution in [2.24, 2.45) is 10.9 Å². The van der Waals surface area contributed by atoms with Gasteiger partial charge in [0.1, 0.15) is 6.61 Å². The molecule has 7 nitrogen and oxygen atoms in total. The van der Waals surface area contributed by atoms with Crippen molar-refractivity contribution in [2.45, 2.75) is 31.8 Å². The first kappa shape index (κ1) is 30.3. The zero-order valence-corrected chi connectivity index (χ0v) is 22.6. The van der Waals surface area contributed by atoms with Crippen molar-refractivity contribution in [3.8, 4) is 11.5 Å². The highest BCUT2D eigenvalue weighted by Gasteiger charge is 2.38. The Labute approximate surface area is 235 Å². The van der Waals surface area contributed by atoms with Crippen molar-refractivity contribution in [1.29, 1.82) is 0 Å². The number of hydrogen-bond acceptors (Lipinski definition) is 7. The van der Waals surface area contributed by atoms with Crippen LogP contribution in [-0.4, -0.2) is 49.3 Å². The minimum atomic E-state index is -5.02. The van der Waals surface area contributed by atoms with Crippen LogP contribution in [0.5, 0.6) is 11.5 Å². The quantitative estimate of drug-likeness (QED) is 0.223. The first-order valence-corrected chi connectivity index (χ1v) is 13.0. The summed E-state index contributed by atoms with van der Waals surface area (Å²) in [6.07, 6.45) is -7.22. The number of benzene rings is 2. The number of halogens is 6. The highest BCUT2D eigenvalue weighted by atomic mass is 32.2. The van der Waals surface area contributed by atoms with Crippen molar-refractivity contribution in [3.63, 3.8) is 0 Å². The summed E-state index contributed by atoms with van der Waals surface area (Å²) >= 11 is 1.18. The van der Waals surface area contributed by atoms with E-state index in [2.05, 4.69) is 4.99 Å². The average molecular weight is 603 g/mol. The monoisotopic (exact) mass is 602 g/mol. The zero-order valence-electron chi connectivity index (χ0n) is 21.8. The van der Waals surface area contributed by atoms with E-state index in [1.165, 1.54) is 38.1 Å². The normalized spacial score (nSPS) is 17.6. The molecule has 4 rings (SSSR count). The molecule has 2 aromatic rings. The molecule has 0 spiro atoms. The molecule has 0 N–H and O–H groups in total. The second-order valence-corrected chi connectivity index (χ2v) is 10.2. The fourth-order valence-electron chi connectivity index (χ4n) is 4.35. The van der Waals surface area contributed by atoms with Gasteiger partial charge in [-0.2, -0.15) is 31.3 Å². The van der Waals surface area contributed by atoms with Gasteiger partial charge in [0.2, 0.25) is 0 Å². The molecule has 220 valence electrons. The van der Waals surface area contributed by atoms with Gasteiger partial charge in [0.25, 0.3) is 5.91 Å². The van der Waals surface area contributed by atoms with Gasteiger partial charge < -0.3 is 19.1 Å². The predicted octanol–water partition coefficient (Wildman–Crippen LogP) is 6.17. The lowest BCUT2D eigenvalue weighted by molar-refractivity contribution is -0.147. The summed E-state index contributed by atoms with van der Waals surface area (Å²) in [4.78, 5) is 30.7. The lowest BCUT2D eigenvalue weighted by Gasteiger charge is -2.31. The second kappa shape index (κ2) is 12.0. The van der Waals surface area contributed by atoms with Crippen LogP contribution in [0.15, 0.2) is 46.3 Å². The standard InChI is InChI=1S/C27H24F6N2O5S/c1-38-21-11-15(12-22-23(36)34-25(41-22)35-9-7-16(8-10-35)24(37)39-2)3-6-20(21)40-14-17-4-5-18(26(28,29)30)13-19(17)27(31,32)33/h3-6,11-13,16H,7-10,14H2,1-2H3/b22-12+. The molecular weight excluding hydrogens is 578 g/mol. The maximum atomic E-state index is 13.5. The van der Waals surface area contributed by atoms with Crippen molar-refractivity contribution in [1.82, 2.24) is 4.90 Å². The molecule has 0 radical (unpaired) electrons. The molecule has 2 heterocycles. The molecule has 1 fully saturated rings. The van der Waals surface area contributed by atoms with Gasteiger partial charge in [-0.3, -0.25) is 9.59 Å². The van der Waals surface area contributed by atoms with Crippen molar-refractivity contribution < 1.29 is 50.1 Å². The lowest BCUT2D eigenvalue weighted by Crippen LogP contribution is -2.38. The molecule has 2 aliphatic rings. The van der Waals surface area contributed by atoms with Gasteiger partial charge in [-0.1, -0.05) is 12.1 Å². The number of methoxy groups -OCH3 is 2. The molecule has 0 saturated carbocycles. The lowest BCUT2D eigenvalue weighted by atomic mass is 9.97. The van der Waals surface area contributed by atoms with E-state index in [0.717, 1.165) is 6.07 Å². The summed E-state index contributed by atoms with van der Waals surface area (Å²) in [6.45, 7) is 0.421. The van der Waals surface area contributed by atoms with Gasteiger partial charge in [0.05, 0.1) is 36.2 Å². The number of likely N-dealkylation sites (tertiary alicyclic amines) is 1. The molecule has 41 heavy (non-hydrogen) atoms. The van der Waals surface area contributed by atoms with Crippen molar-refractivity contribution >= 4 is 34.9 Å². The molecule has 2 aliphatic heterocycles. The summed E-state index contributed by atoms with van der Waals surface area (Å²) in [6, 6.07) is 5.83. The molecule has 1 amide bonds. The van der Waals surface area contributed by atoms with E-state index in [-0.39, 0.29) is 29.5 Å². The van der Waals surface area contributed by atoms with Crippen LogP contribution in [0.4, 0.5) is 26.3 Å². The first-order valence-electron chi connectivity index (χ1n) is 12.2. The first-order chi connectivity index (χ1) is 19.3. The molecule has 0 aromatic heterocycles. The Morgan fingerprint density at radius 2 is 1.73 bits per heavy atom. The summed E-state index contributed by atoms with van der Waals surface area (Å²) in [5, 5.41) is 0.522. The number of nitrogens with zero attached hydrogens (tertiary/aromatic N) is 2. The van der Waals surface area contributed by atoms with E-state index in [1.54, 1.807) is 12.1 Å². The number of amides is 1. The van der Waals surface area contributed by atoms with E-state index in [9.17, 15) is 35.9 Å². The Hall–Kier alpha value is -3.68. The Bertz CT molecular complexity index is 1380. The van der Waals surface area contributed by atoms with Gasteiger partial charge in [0.15, 0.2) is 16.7 Å². The van der Waals surface area contributed by atoms with Gasteiger partial charge in [-0.25, -0.2) is 0 Å². The number of ether oxygens (including phenoxy) is 3. The third-order valence-electron chi connectivity index (χ3n) is 6.52. The zero-order chi connectivity index (χ0) is 29.9. The molecule has 0 unspecified atom stereocenters. The molecule has 0 atom stereocenters. The highest BCUT2D eigenvalue weighted by molar-refractivity contribution is 8.18. The Morgan fingerprint density at radius 1 is 1.02 bits per heavy atom. The van der Waals surface area contributed by atoms with Crippen LogP contribution < -0.4 is 9.47 Å². The Morgan fingerprint density at radius 3 is 2.34 bits per heavy atom. The number of rotatable bonds is 6. The number of carbonyl (C=O) groups is 2. The molecular formula is C27H24F6N2O5S. The Kier molecular flexibility index (Phi) is 8.90. The van der Waals surface area contributed by atoms with Gasteiger partial charge in [0, 0.05) is 18.7 Å². The maximum Gasteiger partial charge on any atom is 0.416 e. The fourth-order valence-corrected chi connectivity index (χ4v) is 5.31. The second-order valence-electron chi connectivity index (χ2n) is 9.16. The van der Waals surface area contributed by atoms with Crippen LogP contribution in [0.25, 0.3) is 6.08 Å². The number of carbonyl (C=O) groups excluding carboxylic acids is 2. The van der Waals surface area contributed by atoms with Crippen LogP contribution in [0.2, 0.25) is 0 Å². The summed E-state index contributed by atoms with van der Waals surface area (Å²) in [7, 11) is 2.66. The molecule has 2 aromatic carbocycles. The van der Waals surface area contributed by atoms with Crippen molar-refractivity contribution in [2.75, 3.05) is 27.3 Å². The third-order valence-corrected chi connectivity index (χ3v) is 7.56. The largest absolute Gasteiger partial charge is 0.493 e. The molecule has 14 heteroatoms. The van der Waals surface area contributed by atoms with E-state index in [0.29, 0.717) is 47.6 Å². The third kappa shape index (κ3) is 7.16. The number of thioether (sulfide) groups is 1. The number of hydrogen-bond donors (Lipinski definition) is 0. The van der Waals surface area contributed by atoms with Gasteiger partial charge in [-0.05, 0) is 60.5 Å². The summed E-state index contributed by atoms with van der Waals surface area (Å²) in [5.41, 5.74) is -2.82. The number of aliphatic imine (C=N–C) groups is 1. The van der Waals surface area contributed by atoms with E-state index in [4.69, 9.17) is 14.2 Å². The molecule has 1 saturated heterocycles. The summed E-state index contributed by atoms with van der Waals surface area (Å²) in [5.74, 6) is -0.702. The average Bonchev–Trinajstić information content (AvgIpc) is 3.30. The smallest absolute Gasteiger partial charge is 0.416 e. The summed E-state index contributed by atoms with van der Waals surface area (Å²) < 4.78 is 94.8. The number of amidine groups is 1. The molecule has 0 aliphatic carbocycles. The predicted molar refractivity (Wildman–Crippen MR) is 138 cm³/mol. The fraction of sp³-hybridized carbons (Fsp3) is 0.370. The van der Waals surface area contributed by atoms with Crippen LogP contribution in [0.1, 0.15) is 35.1 Å². The SMILES string of the molecule is COC(=O)C1CCN(C2=NC(=O)/C(=C\c3ccc(OCc4ccc(C(F)(F)F)cc4C(F)(F)F)c(OC)c3)S2)CC1. The van der Waals surface area contributed by atoms with E-state index >= 15 is 0 Å². The maximum absolute atomic E-state index is 13.5. The number of esters is 1. The minimum absolute atomic E-state index is 0.0542. The Balaban J connectivity index is 1.45.